The first-order valence-corrected chi connectivity index (χ1v) is 11.5. The average Bonchev–Trinajstić information content (AvgIpc) is 3.56. The fraction of sp³-hybridized carbons (Fsp3) is 0.231. The topological polar surface area (TPSA) is 118 Å². The number of hydrogen-bond acceptors (Lipinski definition) is 6. The molecule has 0 amide bonds. The van der Waals surface area contributed by atoms with Gasteiger partial charge < -0.3 is 19.9 Å². The van der Waals surface area contributed by atoms with Gasteiger partial charge >= 0.3 is 6.18 Å². The zero-order valence-electron chi connectivity index (χ0n) is 19.5. The Balaban J connectivity index is 1.26. The Labute approximate surface area is 209 Å². The van der Waals surface area contributed by atoms with Crippen molar-refractivity contribution in [3.63, 3.8) is 0 Å². The van der Waals surface area contributed by atoms with Gasteiger partial charge in [0.25, 0.3) is 0 Å². The monoisotopic (exact) mass is 509 g/mol. The van der Waals surface area contributed by atoms with Crippen LogP contribution in [0.4, 0.5) is 13.2 Å². The summed E-state index contributed by atoms with van der Waals surface area (Å²) in [5.41, 5.74) is 5.74. The Hall–Kier alpha value is -4.41. The summed E-state index contributed by atoms with van der Waals surface area (Å²) in [4.78, 5) is 18.6. The molecule has 11 heteroatoms. The fourth-order valence-corrected chi connectivity index (χ4v) is 4.33. The number of fused-ring (bicyclic) bond motifs is 1. The molecule has 1 aliphatic heterocycles. The number of benzene rings is 3. The van der Waals surface area contributed by atoms with E-state index in [2.05, 4.69) is 10.1 Å². The number of guanidine groups is 1. The van der Waals surface area contributed by atoms with Crippen molar-refractivity contribution in [1.29, 1.82) is 5.41 Å². The molecule has 8 nitrogen and oxygen atoms in total. The van der Waals surface area contributed by atoms with Crippen molar-refractivity contribution in [3.05, 3.63) is 77.7 Å². The number of carbonyl (C=O) groups is 1. The summed E-state index contributed by atoms with van der Waals surface area (Å²) < 4.78 is 49.2. The molecule has 0 bridgehead atoms. The van der Waals surface area contributed by atoms with Crippen LogP contribution < -0.4 is 10.5 Å². The van der Waals surface area contributed by atoms with Gasteiger partial charge in [-0.2, -0.15) is 18.2 Å². The van der Waals surface area contributed by atoms with E-state index in [0.717, 1.165) is 53.4 Å². The maximum absolute atomic E-state index is 12.7. The highest BCUT2D eigenvalue weighted by Crippen LogP contribution is 2.33. The molecule has 1 saturated heterocycles. The van der Waals surface area contributed by atoms with Gasteiger partial charge in [-0.3, -0.25) is 10.2 Å². The van der Waals surface area contributed by atoms with Crippen LogP contribution in [0.3, 0.4) is 0 Å². The minimum absolute atomic E-state index is 0.0213. The van der Waals surface area contributed by atoms with E-state index in [1.54, 1.807) is 17.0 Å². The van der Waals surface area contributed by atoms with Crippen LogP contribution >= 0.6 is 0 Å². The highest BCUT2D eigenvalue weighted by atomic mass is 19.4. The second-order valence-corrected chi connectivity index (χ2v) is 8.70. The summed E-state index contributed by atoms with van der Waals surface area (Å²) in [5.74, 6) is 0.849. The number of halogens is 3. The molecule has 0 saturated carbocycles. The standard InChI is InChI=1S/C26H22F3N5O3/c27-26(28,29)19-8-5-15(6-9-19)22(35)14-36-20-10-7-16-12-18(4-3-17(16)13-20)23-32-24(37-33-23)21-2-1-11-34(21)25(30)31/h3-10,12-13,21H,1-2,11,14H2,(H3,30,31). The van der Waals surface area contributed by atoms with Gasteiger partial charge in [-0.05, 0) is 53.9 Å². The molecule has 1 aliphatic rings. The molecule has 1 fully saturated rings. The van der Waals surface area contributed by atoms with Gasteiger partial charge in [0, 0.05) is 17.7 Å². The number of ether oxygens (including phenoxy) is 1. The lowest BCUT2D eigenvalue weighted by Crippen LogP contribution is -2.35. The van der Waals surface area contributed by atoms with Crippen molar-refractivity contribution in [2.75, 3.05) is 13.2 Å². The largest absolute Gasteiger partial charge is 0.485 e. The van der Waals surface area contributed by atoms with Crippen LogP contribution in [0.2, 0.25) is 0 Å². The maximum atomic E-state index is 12.7. The third-order valence-corrected chi connectivity index (χ3v) is 6.26. The Bertz CT molecular complexity index is 1470. The first-order chi connectivity index (χ1) is 17.7. The van der Waals surface area contributed by atoms with Crippen molar-refractivity contribution in [2.24, 2.45) is 5.73 Å². The van der Waals surface area contributed by atoms with Crippen LogP contribution in [0, 0.1) is 5.41 Å². The molecular formula is C26H22F3N5O3. The maximum Gasteiger partial charge on any atom is 0.416 e. The summed E-state index contributed by atoms with van der Waals surface area (Å²) in [5, 5.41) is 13.6. The van der Waals surface area contributed by atoms with E-state index >= 15 is 0 Å². The molecule has 1 unspecified atom stereocenters. The Morgan fingerprint density at radius 1 is 1.11 bits per heavy atom. The van der Waals surface area contributed by atoms with Gasteiger partial charge in [0.1, 0.15) is 11.8 Å². The lowest BCUT2D eigenvalue weighted by atomic mass is 10.1. The van der Waals surface area contributed by atoms with Crippen LogP contribution in [0.1, 0.15) is 40.7 Å². The lowest BCUT2D eigenvalue weighted by molar-refractivity contribution is -0.137. The zero-order valence-corrected chi connectivity index (χ0v) is 19.5. The third-order valence-electron chi connectivity index (χ3n) is 6.26. The Kier molecular flexibility index (Phi) is 6.28. The molecule has 190 valence electrons. The molecule has 2 heterocycles. The van der Waals surface area contributed by atoms with Crippen molar-refractivity contribution in [3.8, 4) is 17.1 Å². The SMILES string of the molecule is N=C(N)N1CCCC1c1nc(-c2ccc3cc(OCC(=O)c4ccc(C(F)(F)F)cc4)ccc3c2)no1. The molecule has 3 N–H and O–H groups in total. The number of hydrogen-bond donors (Lipinski definition) is 2. The molecule has 1 atom stereocenters. The summed E-state index contributed by atoms with van der Waals surface area (Å²) in [6, 6.07) is 14.7. The lowest BCUT2D eigenvalue weighted by Gasteiger charge is -2.21. The Morgan fingerprint density at radius 3 is 2.57 bits per heavy atom. The molecule has 5 rings (SSSR count). The second kappa shape index (κ2) is 9.57. The van der Waals surface area contributed by atoms with Crippen molar-refractivity contribution in [2.45, 2.75) is 25.1 Å². The number of nitrogens with one attached hydrogen (secondary N) is 1. The number of carbonyl (C=O) groups excluding carboxylic acids is 1. The molecule has 3 aromatic carbocycles. The van der Waals surface area contributed by atoms with Gasteiger partial charge in [-0.25, -0.2) is 0 Å². The van der Waals surface area contributed by atoms with E-state index in [-0.39, 0.29) is 24.2 Å². The fourth-order valence-electron chi connectivity index (χ4n) is 4.33. The highest BCUT2D eigenvalue weighted by Gasteiger charge is 2.32. The number of alkyl halides is 3. The van der Waals surface area contributed by atoms with E-state index in [0.29, 0.717) is 24.0 Å². The smallest absolute Gasteiger partial charge is 0.416 e. The molecular weight excluding hydrogens is 487 g/mol. The predicted molar refractivity (Wildman–Crippen MR) is 129 cm³/mol. The molecule has 0 radical (unpaired) electrons. The van der Waals surface area contributed by atoms with E-state index in [4.69, 9.17) is 20.4 Å². The Morgan fingerprint density at radius 2 is 1.84 bits per heavy atom. The molecule has 37 heavy (non-hydrogen) atoms. The summed E-state index contributed by atoms with van der Waals surface area (Å²) in [7, 11) is 0. The van der Waals surface area contributed by atoms with E-state index in [1.807, 2.05) is 24.3 Å². The number of likely N-dealkylation sites (tertiary alicyclic amines) is 1. The summed E-state index contributed by atoms with van der Waals surface area (Å²) in [6.07, 6.45) is -2.79. The van der Waals surface area contributed by atoms with Crippen LogP contribution in [0.5, 0.6) is 5.75 Å². The third kappa shape index (κ3) is 5.11. The predicted octanol–water partition coefficient (Wildman–Crippen LogP) is 5.20. The molecule has 1 aromatic heterocycles. The quantitative estimate of drug-likeness (QED) is 0.208. The van der Waals surface area contributed by atoms with Gasteiger partial charge in [0.15, 0.2) is 18.3 Å². The molecule has 4 aromatic rings. The zero-order chi connectivity index (χ0) is 26.2. The number of ketones is 1. The minimum atomic E-state index is -4.46. The number of Topliss-reactive ketones (excluding diaryl/α,β-unsaturated/α-hetero) is 1. The summed E-state index contributed by atoms with van der Waals surface area (Å²) >= 11 is 0. The van der Waals surface area contributed by atoms with Crippen LogP contribution in [-0.2, 0) is 6.18 Å². The number of nitrogens with two attached hydrogens (primary N) is 1. The molecule has 0 aliphatic carbocycles. The number of nitrogens with zero attached hydrogens (tertiary/aromatic N) is 3. The second-order valence-electron chi connectivity index (χ2n) is 8.70. The van der Waals surface area contributed by atoms with E-state index < -0.39 is 17.5 Å². The van der Waals surface area contributed by atoms with Crippen molar-refractivity contribution in [1.82, 2.24) is 15.0 Å². The van der Waals surface area contributed by atoms with Crippen molar-refractivity contribution >= 4 is 22.5 Å². The van der Waals surface area contributed by atoms with Crippen LogP contribution in [0.15, 0.2) is 65.2 Å². The number of rotatable bonds is 6. The first-order valence-electron chi connectivity index (χ1n) is 11.5. The highest BCUT2D eigenvalue weighted by molar-refractivity contribution is 5.97. The summed E-state index contributed by atoms with van der Waals surface area (Å²) in [6.45, 7) is 0.368. The van der Waals surface area contributed by atoms with Gasteiger partial charge in [0.2, 0.25) is 11.7 Å². The normalized spacial score (nSPS) is 15.8. The van der Waals surface area contributed by atoms with Gasteiger partial charge in [0.05, 0.1) is 5.56 Å². The molecule has 0 spiro atoms. The van der Waals surface area contributed by atoms with Crippen LogP contribution in [0.25, 0.3) is 22.2 Å². The van der Waals surface area contributed by atoms with E-state index in [1.165, 1.54) is 0 Å². The number of aromatic nitrogens is 2. The van der Waals surface area contributed by atoms with Crippen LogP contribution in [-0.4, -0.2) is 39.9 Å². The van der Waals surface area contributed by atoms with E-state index in [9.17, 15) is 18.0 Å². The first kappa shape index (κ1) is 24.3. The van der Waals surface area contributed by atoms with Gasteiger partial charge in [-0.15, -0.1) is 0 Å². The minimum Gasteiger partial charge on any atom is -0.485 e. The average molecular weight is 509 g/mol. The van der Waals surface area contributed by atoms with Crippen molar-refractivity contribution < 1.29 is 27.2 Å². The van der Waals surface area contributed by atoms with Gasteiger partial charge in [-0.1, -0.05) is 35.5 Å².